The largest absolute Gasteiger partial charge is 0.467 e. The predicted molar refractivity (Wildman–Crippen MR) is 98.5 cm³/mol. The molecule has 2 rings (SSSR count). The van der Waals surface area contributed by atoms with Crippen LogP contribution < -0.4 is 10.6 Å². The summed E-state index contributed by atoms with van der Waals surface area (Å²) in [7, 11) is 2.49. The van der Waals surface area contributed by atoms with Gasteiger partial charge in [-0.2, -0.15) is 0 Å². The van der Waals surface area contributed by atoms with Crippen LogP contribution in [0.25, 0.3) is 0 Å². The number of amides is 2. The molecule has 7 heteroatoms. The van der Waals surface area contributed by atoms with Crippen LogP contribution in [-0.4, -0.2) is 49.7 Å². The van der Waals surface area contributed by atoms with E-state index in [0.29, 0.717) is 5.56 Å². The molecule has 1 unspecified atom stereocenters. The maximum Gasteiger partial charge on any atom is 0.338 e. The summed E-state index contributed by atoms with van der Waals surface area (Å²) in [6.45, 7) is 4.08. The van der Waals surface area contributed by atoms with Gasteiger partial charge in [0.25, 0.3) is 11.8 Å². The van der Waals surface area contributed by atoms with E-state index < -0.39 is 23.8 Å². The molecule has 142 valence electrons. The summed E-state index contributed by atoms with van der Waals surface area (Å²) in [5.41, 5.74) is 1.77. The zero-order valence-corrected chi connectivity index (χ0v) is 15.2. The number of carbonyl (C=O) groups excluding carboxylic acids is 3. The van der Waals surface area contributed by atoms with Crippen molar-refractivity contribution in [2.24, 2.45) is 11.8 Å². The van der Waals surface area contributed by atoms with E-state index in [1.807, 2.05) is 0 Å². The highest BCUT2D eigenvalue weighted by Crippen LogP contribution is 2.42. The van der Waals surface area contributed by atoms with E-state index >= 15 is 0 Å². The van der Waals surface area contributed by atoms with Gasteiger partial charge in [0.05, 0.1) is 7.11 Å². The average Bonchev–Trinajstić information content (AvgIpc) is 3.49. The second-order valence-electron chi connectivity index (χ2n) is 6.18. The minimum absolute atomic E-state index is 0.151. The van der Waals surface area contributed by atoms with Crippen LogP contribution >= 0.6 is 0 Å². The number of esters is 1. The van der Waals surface area contributed by atoms with Crippen LogP contribution in [0, 0.1) is 23.7 Å². The highest BCUT2D eigenvalue weighted by molar-refractivity contribution is 6.07. The molecule has 1 fully saturated rings. The summed E-state index contributed by atoms with van der Waals surface area (Å²) < 4.78 is 4.53. The van der Waals surface area contributed by atoms with E-state index in [1.54, 1.807) is 24.3 Å². The third-order valence-corrected chi connectivity index (χ3v) is 4.34. The third-order valence-electron chi connectivity index (χ3n) is 4.34. The molecule has 1 aromatic rings. The fourth-order valence-electron chi connectivity index (χ4n) is 2.53. The number of allylic oxidation sites excluding steroid dienone is 1. The Balaban J connectivity index is 2.02. The van der Waals surface area contributed by atoms with Gasteiger partial charge in [-0.25, -0.2) is 4.79 Å². The first-order valence-corrected chi connectivity index (χ1v) is 8.43. The highest BCUT2D eigenvalue weighted by atomic mass is 16.5. The number of hydrogen-bond donors (Lipinski definition) is 3. The van der Waals surface area contributed by atoms with Crippen LogP contribution in [0.4, 0.5) is 0 Å². The molecule has 1 aliphatic rings. The Morgan fingerprint density at radius 3 is 2.52 bits per heavy atom. The number of ether oxygens (including phenoxy) is 1. The van der Waals surface area contributed by atoms with Gasteiger partial charge in [-0.15, -0.1) is 0 Å². The number of carbonyl (C=O) groups is 3. The van der Waals surface area contributed by atoms with Gasteiger partial charge in [0.15, 0.2) is 0 Å². The summed E-state index contributed by atoms with van der Waals surface area (Å²) >= 11 is 0. The smallest absolute Gasteiger partial charge is 0.338 e. The van der Waals surface area contributed by atoms with Gasteiger partial charge in [0.1, 0.15) is 0 Å². The van der Waals surface area contributed by atoms with Crippen LogP contribution in [0.2, 0.25) is 0 Å². The van der Waals surface area contributed by atoms with Gasteiger partial charge in [0.2, 0.25) is 6.04 Å². The van der Waals surface area contributed by atoms with E-state index in [4.69, 9.17) is 5.11 Å². The monoisotopic (exact) mass is 370 g/mol. The van der Waals surface area contributed by atoms with Crippen molar-refractivity contribution < 1.29 is 24.2 Å². The van der Waals surface area contributed by atoms with Crippen molar-refractivity contribution in [3.8, 4) is 11.8 Å². The van der Waals surface area contributed by atoms with E-state index in [2.05, 4.69) is 33.8 Å². The molecule has 7 nitrogen and oxygen atoms in total. The van der Waals surface area contributed by atoms with E-state index in [0.717, 1.165) is 19.1 Å². The average molecular weight is 370 g/mol. The van der Waals surface area contributed by atoms with Gasteiger partial charge in [-0.1, -0.05) is 18.4 Å². The van der Waals surface area contributed by atoms with Crippen LogP contribution in [-0.2, 0) is 14.3 Å². The molecule has 0 saturated heterocycles. The molecule has 2 amide bonds. The lowest BCUT2D eigenvalue weighted by atomic mass is 10.1. The number of nitrogens with one attached hydrogen (secondary N) is 2. The number of benzene rings is 1. The lowest BCUT2D eigenvalue weighted by Gasteiger charge is -2.14. The Morgan fingerprint density at radius 1 is 1.33 bits per heavy atom. The molecule has 1 saturated carbocycles. The van der Waals surface area contributed by atoms with Gasteiger partial charge >= 0.3 is 5.97 Å². The van der Waals surface area contributed by atoms with Crippen molar-refractivity contribution in [3.05, 3.63) is 47.5 Å². The van der Waals surface area contributed by atoms with Gasteiger partial charge in [-0.05, 0) is 48.1 Å². The molecular formula is C20H22N2O5. The molecule has 3 N–H and O–H groups in total. The van der Waals surface area contributed by atoms with Gasteiger partial charge in [-0.3, -0.25) is 9.59 Å². The number of methoxy groups -OCH3 is 1. The Bertz CT molecular complexity index is 788. The lowest BCUT2D eigenvalue weighted by molar-refractivity contribution is -0.146. The Kier molecular flexibility index (Phi) is 6.74. The first-order chi connectivity index (χ1) is 12.9. The normalized spacial score (nSPS) is 18.3. The number of likely N-dealkylation sites (N-methyl/N-ethyl adjacent to an activating group) is 1. The summed E-state index contributed by atoms with van der Waals surface area (Å²) in [4.78, 5) is 35.6. The first-order valence-electron chi connectivity index (χ1n) is 8.43. The number of aliphatic hydroxyl groups is 1. The molecule has 1 aromatic carbocycles. The van der Waals surface area contributed by atoms with Crippen LogP contribution in [0.5, 0.6) is 0 Å². The molecule has 0 bridgehead atoms. The minimum Gasteiger partial charge on any atom is -0.467 e. The molecular weight excluding hydrogens is 348 g/mol. The molecule has 0 radical (unpaired) electrons. The standard InChI is InChI=1S/C20H22N2O5/c1-12(16-10-15(16)11-23)4-5-13-6-8-14(9-7-13)18(24)22-17(19(25)21-2)20(26)27-3/h6-9,15-17,23H,1,10-11H2,2-3H3,(H,21,25)(H,22,24)/t15-,16-,17?/m0/s1. The summed E-state index contributed by atoms with van der Waals surface area (Å²) in [5, 5.41) is 13.7. The second-order valence-corrected chi connectivity index (χ2v) is 6.18. The maximum atomic E-state index is 12.3. The van der Waals surface area contributed by atoms with Crippen molar-refractivity contribution in [3.63, 3.8) is 0 Å². The predicted octanol–water partition coefficient (Wildman–Crippen LogP) is 0.240. The quantitative estimate of drug-likeness (QED) is 0.378. The van der Waals surface area contributed by atoms with Crippen LogP contribution in [0.15, 0.2) is 36.4 Å². The number of hydrogen-bond acceptors (Lipinski definition) is 5. The van der Waals surface area contributed by atoms with E-state index in [-0.39, 0.29) is 24.0 Å². The van der Waals surface area contributed by atoms with Gasteiger partial charge in [0, 0.05) is 24.8 Å². The zero-order valence-electron chi connectivity index (χ0n) is 15.2. The topological polar surface area (TPSA) is 105 Å². The first kappa shape index (κ1) is 20.2. The maximum absolute atomic E-state index is 12.3. The molecule has 0 aliphatic heterocycles. The summed E-state index contributed by atoms with van der Waals surface area (Å²) in [5.74, 6) is 4.37. The van der Waals surface area contributed by atoms with Crippen LogP contribution in [0.1, 0.15) is 22.3 Å². The second kappa shape index (κ2) is 9.01. The van der Waals surface area contributed by atoms with Gasteiger partial charge < -0.3 is 20.5 Å². The third kappa shape index (κ3) is 5.19. The van der Waals surface area contributed by atoms with Crippen molar-refractivity contribution in [1.29, 1.82) is 0 Å². The highest BCUT2D eigenvalue weighted by Gasteiger charge is 2.37. The molecule has 1 aliphatic carbocycles. The van der Waals surface area contributed by atoms with Crippen LogP contribution in [0.3, 0.4) is 0 Å². The lowest BCUT2D eigenvalue weighted by Crippen LogP contribution is -2.51. The Morgan fingerprint density at radius 2 is 2.00 bits per heavy atom. The molecule has 0 aromatic heterocycles. The molecule has 0 heterocycles. The zero-order chi connectivity index (χ0) is 20.0. The van der Waals surface area contributed by atoms with Crippen molar-refractivity contribution in [2.45, 2.75) is 12.5 Å². The van der Waals surface area contributed by atoms with Crippen molar-refractivity contribution >= 4 is 17.8 Å². The fourth-order valence-corrected chi connectivity index (χ4v) is 2.53. The van der Waals surface area contributed by atoms with E-state index in [1.165, 1.54) is 7.05 Å². The molecule has 0 spiro atoms. The minimum atomic E-state index is -1.42. The van der Waals surface area contributed by atoms with Crippen molar-refractivity contribution in [2.75, 3.05) is 20.8 Å². The fraction of sp³-hybridized carbons (Fsp3) is 0.350. The molecule has 3 atom stereocenters. The summed E-state index contributed by atoms with van der Waals surface area (Å²) in [6.07, 6.45) is 0.913. The van der Waals surface area contributed by atoms with Crippen molar-refractivity contribution in [1.82, 2.24) is 10.6 Å². The SMILES string of the molecule is C=C(C#Cc1ccc(C(=O)NC(C(=O)NC)C(=O)OC)cc1)[C@@H]1C[C@H]1CO. The number of aliphatic hydroxyl groups excluding tert-OH is 1. The molecule has 27 heavy (non-hydrogen) atoms. The Hall–Kier alpha value is -3.11. The summed E-state index contributed by atoms with van der Waals surface area (Å²) in [6, 6.07) is 5.01. The Labute approximate surface area is 157 Å². The number of rotatable bonds is 6. The van der Waals surface area contributed by atoms with E-state index in [9.17, 15) is 14.4 Å².